The van der Waals surface area contributed by atoms with Crippen LogP contribution >= 0.6 is 0 Å². The Morgan fingerprint density at radius 3 is 1.90 bits per heavy atom. The van der Waals surface area contributed by atoms with Gasteiger partial charge in [0.15, 0.2) is 11.6 Å². The van der Waals surface area contributed by atoms with Crippen LogP contribution in [-0.2, 0) is 0 Å². The molecule has 0 aliphatic carbocycles. The van der Waals surface area contributed by atoms with Crippen molar-refractivity contribution in [3.63, 3.8) is 0 Å². The molecule has 0 fully saturated rings. The molecule has 0 radical (unpaired) electrons. The quantitative estimate of drug-likeness (QED) is 0.438. The Hall–Kier alpha value is -1.19. The lowest BCUT2D eigenvalue weighted by molar-refractivity contribution is 0.496. The summed E-state index contributed by atoms with van der Waals surface area (Å²) in [4.78, 5) is 0. The number of hydrogen-bond acceptors (Lipinski definition) is 1. The van der Waals surface area contributed by atoms with E-state index in [1.54, 1.807) is 0 Å². The first-order valence-corrected chi connectivity index (χ1v) is 2.51. The van der Waals surface area contributed by atoms with Crippen LogP contribution in [0.15, 0.2) is 12.1 Å². The standard InChI is InChI=1S/C6H4F3N/c7-3-1-5(9)6(10)2-4(3)8/h1-2H,10H2. The molecule has 0 bridgehead atoms. The normalized spacial score (nSPS) is 9.90. The summed E-state index contributed by atoms with van der Waals surface area (Å²) >= 11 is 0. The van der Waals surface area contributed by atoms with Crippen molar-refractivity contribution in [3.05, 3.63) is 29.6 Å². The number of benzene rings is 1. The molecule has 54 valence electrons. The molecular weight excluding hydrogens is 143 g/mol. The fourth-order valence-corrected chi connectivity index (χ4v) is 0.538. The second kappa shape index (κ2) is 2.21. The van der Waals surface area contributed by atoms with E-state index < -0.39 is 17.5 Å². The zero-order valence-electron chi connectivity index (χ0n) is 4.87. The molecular formula is C6H4F3N. The van der Waals surface area contributed by atoms with Crippen LogP contribution in [0.2, 0.25) is 0 Å². The molecule has 0 aromatic heterocycles. The fourth-order valence-electron chi connectivity index (χ4n) is 0.538. The van der Waals surface area contributed by atoms with Crippen LogP contribution in [0.3, 0.4) is 0 Å². The van der Waals surface area contributed by atoms with Gasteiger partial charge in [0.25, 0.3) is 0 Å². The van der Waals surface area contributed by atoms with Gasteiger partial charge in [0.2, 0.25) is 0 Å². The molecule has 1 nitrogen and oxygen atoms in total. The van der Waals surface area contributed by atoms with E-state index in [1.165, 1.54) is 0 Å². The molecule has 10 heavy (non-hydrogen) atoms. The van der Waals surface area contributed by atoms with Crippen LogP contribution in [0, 0.1) is 17.5 Å². The molecule has 1 aromatic rings. The molecule has 4 heteroatoms. The second-order valence-electron chi connectivity index (χ2n) is 1.79. The number of hydrogen-bond donors (Lipinski definition) is 1. The second-order valence-corrected chi connectivity index (χ2v) is 1.79. The Bertz CT molecular complexity index is 209. The van der Waals surface area contributed by atoms with Crippen LogP contribution < -0.4 is 5.73 Å². The van der Waals surface area contributed by atoms with E-state index in [9.17, 15) is 13.2 Å². The van der Waals surface area contributed by atoms with E-state index in [0.29, 0.717) is 12.1 Å². The van der Waals surface area contributed by atoms with Crippen molar-refractivity contribution < 1.29 is 13.2 Å². The lowest BCUT2D eigenvalue weighted by Crippen LogP contribution is -1.94. The minimum atomic E-state index is -1.23. The number of anilines is 1. The molecule has 0 aliphatic heterocycles. The van der Waals surface area contributed by atoms with Gasteiger partial charge in [-0.05, 0) is 0 Å². The molecule has 0 atom stereocenters. The van der Waals surface area contributed by atoms with Gasteiger partial charge in [-0.15, -0.1) is 0 Å². The predicted molar refractivity (Wildman–Crippen MR) is 30.7 cm³/mol. The topological polar surface area (TPSA) is 26.0 Å². The largest absolute Gasteiger partial charge is 0.396 e. The summed E-state index contributed by atoms with van der Waals surface area (Å²) in [5.41, 5.74) is 4.52. The highest BCUT2D eigenvalue weighted by Crippen LogP contribution is 2.14. The zero-order chi connectivity index (χ0) is 7.72. The van der Waals surface area contributed by atoms with Gasteiger partial charge in [-0.2, -0.15) is 0 Å². The average molecular weight is 147 g/mol. The number of nitrogen functional groups attached to an aromatic ring is 1. The molecule has 0 aliphatic rings. The third-order valence-electron chi connectivity index (χ3n) is 1.04. The Morgan fingerprint density at radius 1 is 0.900 bits per heavy atom. The minimum absolute atomic E-state index is 0.390. The highest BCUT2D eigenvalue weighted by Gasteiger charge is 2.05. The number of rotatable bonds is 0. The number of halogens is 3. The zero-order valence-corrected chi connectivity index (χ0v) is 4.87. The first-order valence-electron chi connectivity index (χ1n) is 2.51. The van der Waals surface area contributed by atoms with E-state index in [1.807, 2.05) is 0 Å². The van der Waals surface area contributed by atoms with Gasteiger partial charge in [-0.1, -0.05) is 0 Å². The van der Waals surface area contributed by atoms with Gasteiger partial charge in [0, 0.05) is 12.1 Å². The monoisotopic (exact) mass is 147 g/mol. The van der Waals surface area contributed by atoms with Crippen molar-refractivity contribution in [1.82, 2.24) is 0 Å². The Morgan fingerprint density at radius 2 is 1.40 bits per heavy atom. The summed E-state index contributed by atoms with van der Waals surface area (Å²) in [6.07, 6.45) is 0. The molecule has 0 spiro atoms. The van der Waals surface area contributed by atoms with E-state index in [0.717, 1.165) is 0 Å². The van der Waals surface area contributed by atoms with Crippen molar-refractivity contribution in [2.45, 2.75) is 0 Å². The summed E-state index contributed by atoms with van der Waals surface area (Å²) < 4.78 is 36.5. The van der Waals surface area contributed by atoms with Crippen molar-refractivity contribution in [2.24, 2.45) is 0 Å². The van der Waals surface area contributed by atoms with Crippen molar-refractivity contribution in [2.75, 3.05) is 5.73 Å². The lowest BCUT2D eigenvalue weighted by atomic mass is 10.3. The van der Waals surface area contributed by atoms with Crippen LogP contribution in [0.1, 0.15) is 0 Å². The molecule has 0 saturated heterocycles. The molecule has 0 heterocycles. The first-order chi connectivity index (χ1) is 4.61. The molecule has 0 unspecified atom stereocenters. The molecule has 2 N–H and O–H groups in total. The van der Waals surface area contributed by atoms with Crippen LogP contribution in [0.25, 0.3) is 0 Å². The van der Waals surface area contributed by atoms with Gasteiger partial charge < -0.3 is 5.73 Å². The van der Waals surface area contributed by atoms with Gasteiger partial charge in [0.05, 0.1) is 5.69 Å². The maximum Gasteiger partial charge on any atom is 0.161 e. The molecule has 0 saturated carbocycles. The van der Waals surface area contributed by atoms with Crippen LogP contribution in [0.4, 0.5) is 18.9 Å². The van der Waals surface area contributed by atoms with Crippen molar-refractivity contribution in [1.29, 1.82) is 0 Å². The summed E-state index contributed by atoms with van der Waals surface area (Å²) in [5, 5.41) is 0. The van der Waals surface area contributed by atoms with Crippen molar-refractivity contribution in [3.8, 4) is 0 Å². The molecule has 1 rings (SSSR count). The number of nitrogens with two attached hydrogens (primary N) is 1. The third-order valence-corrected chi connectivity index (χ3v) is 1.04. The van der Waals surface area contributed by atoms with E-state index in [-0.39, 0.29) is 5.69 Å². The van der Waals surface area contributed by atoms with Gasteiger partial charge in [0.1, 0.15) is 5.82 Å². The van der Waals surface area contributed by atoms with Crippen LogP contribution in [-0.4, -0.2) is 0 Å². The minimum Gasteiger partial charge on any atom is -0.396 e. The third kappa shape index (κ3) is 1.05. The highest BCUT2D eigenvalue weighted by molar-refractivity contribution is 5.39. The Labute approximate surface area is 55.3 Å². The summed E-state index contributed by atoms with van der Waals surface area (Å²) in [6.45, 7) is 0. The maximum absolute atomic E-state index is 12.2. The maximum atomic E-state index is 12.2. The van der Waals surface area contributed by atoms with E-state index in [2.05, 4.69) is 0 Å². The van der Waals surface area contributed by atoms with Crippen LogP contribution in [0.5, 0.6) is 0 Å². The Balaban J connectivity index is 3.28. The predicted octanol–water partition coefficient (Wildman–Crippen LogP) is 1.69. The highest BCUT2D eigenvalue weighted by atomic mass is 19.2. The Kier molecular flexibility index (Phi) is 1.53. The van der Waals surface area contributed by atoms with Gasteiger partial charge >= 0.3 is 0 Å². The average Bonchev–Trinajstić information content (AvgIpc) is 1.84. The van der Waals surface area contributed by atoms with Gasteiger partial charge in [-0.3, -0.25) is 0 Å². The smallest absolute Gasteiger partial charge is 0.161 e. The summed E-state index contributed by atoms with van der Waals surface area (Å²) in [7, 11) is 0. The first kappa shape index (κ1) is 6.92. The lowest BCUT2D eigenvalue weighted by Gasteiger charge is -1.95. The molecule has 1 aromatic carbocycles. The van der Waals surface area contributed by atoms with Crippen molar-refractivity contribution >= 4 is 5.69 Å². The summed E-state index contributed by atoms with van der Waals surface area (Å²) in [6, 6.07) is 1.01. The van der Waals surface area contributed by atoms with E-state index >= 15 is 0 Å². The summed E-state index contributed by atoms with van der Waals surface area (Å²) in [5.74, 6) is -3.32. The van der Waals surface area contributed by atoms with E-state index in [4.69, 9.17) is 5.73 Å². The molecule has 0 amide bonds. The fraction of sp³-hybridized carbons (Fsp3) is 0. The SMILES string of the molecule is Nc1cc(F)c(F)cc1F. The van der Waals surface area contributed by atoms with Gasteiger partial charge in [-0.25, -0.2) is 13.2 Å².